The fourth-order valence-corrected chi connectivity index (χ4v) is 3.61. The molecule has 2 aliphatic rings. The molecule has 0 bridgehead atoms. The summed E-state index contributed by atoms with van der Waals surface area (Å²) in [6.45, 7) is 7.60. The molecule has 2 aliphatic carbocycles. The second-order valence-corrected chi connectivity index (χ2v) is 6.20. The maximum Gasteiger partial charge on any atom is 0.169 e. The van der Waals surface area contributed by atoms with Gasteiger partial charge in [-0.05, 0) is 43.1 Å². The van der Waals surface area contributed by atoms with Crippen molar-refractivity contribution in [1.82, 2.24) is 0 Å². The summed E-state index contributed by atoms with van der Waals surface area (Å²) in [6, 6.07) is 0. The van der Waals surface area contributed by atoms with Crippen molar-refractivity contribution in [3.8, 4) is 0 Å². The summed E-state index contributed by atoms with van der Waals surface area (Å²) in [5, 5.41) is 10.9. The minimum absolute atomic E-state index is 0.0586. The van der Waals surface area contributed by atoms with E-state index in [1.165, 1.54) is 6.92 Å². The molecular formula is C15H22O3. The highest BCUT2D eigenvalue weighted by molar-refractivity contribution is 6.22. The van der Waals surface area contributed by atoms with Gasteiger partial charge in [0.25, 0.3) is 0 Å². The lowest BCUT2D eigenvalue weighted by Crippen LogP contribution is -2.44. The van der Waals surface area contributed by atoms with Gasteiger partial charge in [-0.2, -0.15) is 0 Å². The fourth-order valence-electron chi connectivity index (χ4n) is 3.61. The largest absolute Gasteiger partial charge is 0.385 e. The van der Waals surface area contributed by atoms with Gasteiger partial charge in [0.2, 0.25) is 0 Å². The average Bonchev–Trinajstić information content (AvgIpc) is 2.51. The lowest BCUT2D eigenvalue weighted by atomic mass is 9.65. The molecule has 1 fully saturated rings. The monoisotopic (exact) mass is 250 g/mol. The fraction of sp³-hybridized carbons (Fsp3) is 0.733. The van der Waals surface area contributed by atoms with E-state index in [0.29, 0.717) is 11.5 Å². The second kappa shape index (κ2) is 4.30. The lowest BCUT2D eigenvalue weighted by molar-refractivity contribution is -0.121. The van der Waals surface area contributed by atoms with Crippen molar-refractivity contribution in [2.75, 3.05) is 0 Å². The molecule has 0 aromatic rings. The van der Waals surface area contributed by atoms with Crippen molar-refractivity contribution in [3.63, 3.8) is 0 Å². The molecule has 2 rings (SSSR count). The van der Waals surface area contributed by atoms with Gasteiger partial charge in [-0.15, -0.1) is 0 Å². The van der Waals surface area contributed by atoms with E-state index in [9.17, 15) is 14.7 Å². The maximum atomic E-state index is 12.1. The van der Waals surface area contributed by atoms with Crippen molar-refractivity contribution in [2.24, 2.45) is 17.8 Å². The third kappa shape index (κ3) is 1.76. The van der Waals surface area contributed by atoms with Crippen LogP contribution in [0, 0.1) is 17.8 Å². The molecule has 0 aromatic carbocycles. The quantitative estimate of drug-likeness (QED) is 0.765. The molecule has 1 N–H and O–H groups in total. The molecule has 3 atom stereocenters. The van der Waals surface area contributed by atoms with Crippen LogP contribution in [0.3, 0.4) is 0 Å². The number of Topliss-reactive ketones (excluding diaryl/α,β-unsaturated/α-hetero) is 2. The molecule has 0 heterocycles. The van der Waals surface area contributed by atoms with Gasteiger partial charge in [0.1, 0.15) is 0 Å². The van der Waals surface area contributed by atoms with Gasteiger partial charge in [0, 0.05) is 6.42 Å². The van der Waals surface area contributed by atoms with E-state index >= 15 is 0 Å². The third-order valence-corrected chi connectivity index (χ3v) is 4.70. The predicted molar refractivity (Wildman–Crippen MR) is 69.0 cm³/mol. The Morgan fingerprint density at radius 1 is 1.39 bits per heavy atom. The zero-order valence-electron chi connectivity index (χ0n) is 11.6. The molecule has 0 unspecified atom stereocenters. The van der Waals surface area contributed by atoms with Crippen LogP contribution in [0.15, 0.2) is 11.1 Å². The first-order chi connectivity index (χ1) is 8.29. The van der Waals surface area contributed by atoms with E-state index in [1.807, 2.05) is 6.92 Å². The van der Waals surface area contributed by atoms with Gasteiger partial charge >= 0.3 is 0 Å². The average molecular weight is 250 g/mol. The molecule has 100 valence electrons. The van der Waals surface area contributed by atoms with Crippen LogP contribution in [0.2, 0.25) is 0 Å². The number of aliphatic hydroxyl groups is 1. The van der Waals surface area contributed by atoms with E-state index in [4.69, 9.17) is 0 Å². The summed E-state index contributed by atoms with van der Waals surface area (Å²) in [5.74, 6) is 0.212. The molecule has 0 aromatic heterocycles. The van der Waals surface area contributed by atoms with Crippen LogP contribution in [0.4, 0.5) is 0 Å². The van der Waals surface area contributed by atoms with E-state index in [0.717, 1.165) is 18.4 Å². The Morgan fingerprint density at radius 2 is 2.00 bits per heavy atom. The molecule has 3 heteroatoms. The Labute approximate surface area is 108 Å². The number of hydrogen-bond donors (Lipinski definition) is 1. The van der Waals surface area contributed by atoms with Crippen molar-refractivity contribution < 1.29 is 14.7 Å². The molecule has 18 heavy (non-hydrogen) atoms. The van der Waals surface area contributed by atoms with E-state index < -0.39 is 5.60 Å². The molecule has 0 aliphatic heterocycles. The Kier molecular flexibility index (Phi) is 3.22. The highest BCUT2D eigenvalue weighted by atomic mass is 16.3. The van der Waals surface area contributed by atoms with Crippen LogP contribution in [0.25, 0.3) is 0 Å². The zero-order chi connectivity index (χ0) is 13.7. The molecule has 0 amide bonds. The van der Waals surface area contributed by atoms with Gasteiger partial charge in [-0.1, -0.05) is 20.8 Å². The lowest BCUT2D eigenvalue weighted by Gasteiger charge is -2.43. The number of carbonyl (C=O) groups excluding carboxylic acids is 2. The van der Waals surface area contributed by atoms with Crippen LogP contribution < -0.4 is 0 Å². The number of fused-ring (bicyclic) bond motifs is 1. The Balaban J connectivity index is 2.60. The van der Waals surface area contributed by atoms with Crippen LogP contribution in [0.1, 0.15) is 47.0 Å². The third-order valence-electron chi connectivity index (χ3n) is 4.70. The summed E-state index contributed by atoms with van der Waals surface area (Å²) in [6.07, 6.45) is 1.98. The first-order valence-corrected chi connectivity index (χ1v) is 6.80. The number of ketones is 2. The van der Waals surface area contributed by atoms with Gasteiger partial charge < -0.3 is 5.11 Å². The van der Waals surface area contributed by atoms with Crippen molar-refractivity contribution in [3.05, 3.63) is 11.1 Å². The maximum absolute atomic E-state index is 12.1. The van der Waals surface area contributed by atoms with Gasteiger partial charge in [-0.3, -0.25) is 9.59 Å². The molecular weight excluding hydrogens is 228 g/mol. The summed E-state index contributed by atoms with van der Waals surface area (Å²) >= 11 is 0. The van der Waals surface area contributed by atoms with Crippen molar-refractivity contribution in [1.29, 1.82) is 0 Å². The van der Waals surface area contributed by atoms with E-state index in [1.54, 1.807) is 0 Å². The molecule has 3 nitrogen and oxygen atoms in total. The topological polar surface area (TPSA) is 54.4 Å². The van der Waals surface area contributed by atoms with Crippen LogP contribution >= 0.6 is 0 Å². The number of carbonyl (C=O) groups is 2. The zero-order valence-corrected chi connectivity index (χ0v) is 11.6. The minimum Gasteiger partial charge on any atom is -0.385 e. The first kappa shape index (κ1) is 13.5. The summed E-state index contributed by atoms with van der Waals surface area (Å²) in [4.78, 5) is 23.8. The number of allylic oxidation sites excluding steroid dienone is 1. The summed E-state index contributed by atoms with van der Waals surface area (Å²) < 4.78 is 0. The molecule has 0 radical (unpaired) electrons. The highest BCUT2D eigenvalue weighted by Crippen LogP contribution is 2.51. The second-order valence-electron chi connectivity index (χ2n) is 6.20. The molecule has 1 saturated carbocycles. The standard InChI is InChI=1S/C15H22O3/c1-8(2)11-6-5-9(3)15(18)7-12(17)13(10(4)16)14(11)15/h8-9,11,18H,5-7H2,1-4H3/t9-,11+,15+/m1/s1. The predicted octanol–water partition coefficient (Wildman–Crippen LogP) is 2.28. The highest BCUT2D eigenvalue weighted by Gasteiger charge is 2.53. The molecule has 0 saturated heterocycles. The van der Waals surface area contributed by atoms with Gasteiger partial charge in [-0.25, -0.2) is 0 Å². The summed E-state index contributed by atoms with van der Waals surface area (Å²) in [7, 11) is 0. The SMILES string of the molecule is CC(=O)C1=C2[C@H](C(C)C)CC[C@@H](C)[C@@]2(O)CC1=O. The van der Waals surface area contributed by atoms with Crippen LogP contribution in [-0.2, 0) is 9.59 Å². The minimum atomic E-state index is -1.06. The molecule has 0 spiro atoms. The normalized spacial score (nSPS) is 36.2. The van der Waals surface area contributed by atoms with E-state index in [2.05, 4.69) is 13.8 Å². The Morgan fingerprint density at radius 3 is 2.50 bits per heavy atom. The van der Waals surface area contributed by atoms with Crippen LogP contribution in [-0.4, -0.2) is 22.3 Å². The number of rotatable bonds is 2. The first-order valence-electron chi connectivity index (χ1n) is 6.80. The number of hydrogen-bond acceptors (Lipinski definition) is 3. The van der Waals surface area contributed by atoms with Crippen molar-refractivity contribution >= 4 is 11.6 Å². The summed E-state index contributed by atoms with van der Waals surface area (Å²) in [5.41, 5.74) is -0.0258. The van der Waals surface area contributed by atoms with Crippen LogP contribution in [0.5, 0.6) is 0 Å². The smallest absolute Gasteiger partial charge is 0.169 e. The van der Waals surface area contributed by atoms with E-state index in [-0.39, 0.29) is 29.8 Å². The van der Waals surface area contributed by atoms with Gasteiger partial charge in [0.15, 0.2) is 11.6 Å². The Bertz CT molecular complexity index is 433. The van der Waals surface area contributed by atoms with Crippen molar-refractivity contribution in [2.45, 2.75) is 52.6 Å². The Hall–Kier alpha value is -0.960. The van der Waals surface area contributed by atoms with Gasteiger partial charge in [0.05, 0.1) is 11.2 Å².